The largest absolute Gasteiger partial charge is 0.484 e. The molecule has 0 amide bonds. The number of nitrogen functional groups attached to an aromatic ring is 1. The third-order valence-corrected chi connectivity index (χ3v) is 2.50. The van der Waals surface area contributed by atoms with E-state index in [1.807, 2.05) is 6.07 Å². The predicted octanol–water partition coefficient (Wildman–Crippen LogP) is 1.69. The Morgan fingerprint density at radius 1 is 1.25 bits per heavy atom. The van der Waals surface area contributed by atoms with Gasteiger partial charge in [-0.25, -0.2) is 9.97 Å². The van der Waals surface area contributed by atoms with E-state index in [0.717, 1.165) is 0 Å². The predicted molar refractivity (Wildman–Crippen MR) is 70.5 cm³/mol. The standard InChI is InChI=1S/C13H11N5O2/c14-9-2-1-3-10(6-9)19-7-12-17-13(18-20-12)11-4-5-15-8-16-11/h1-6,8H,7,14H2. The molecule has 0 aliphatic heterocycles. The number of rotatable bonds is 4. The molecule has 0 saturated carbocycles. The maximum atomic E-state index is 5.66. The van der Waals surface area contributed by atoms with Gasteiger partial charge in [0.2, 0.25) is 5.82 Å². The van der Waals surface area contributed by atoms with Crippen molar-refractivity contribution in [3.8, 4) is 17.3 Å². The van der Waals surface area contributed by atoms with E-state index in [2.05, 4.69) is 20.1 Å². The molecule has 7 nitrogen and oxygen atoms in total. The van der Waals surface area contributed by atoms with Crippen molar-refractivity contribution in [1.82, 2.24) is 20.1 Å². The third-order valence-electron chi connectivity index (χ3n) is 2.50. The summed E-state index contributed by atoms with van der Waals surface area (Å²) >= 11 is 0. The smallest absolute Gasteiger partial charge is 0.264 e. The summed E-state index contributed by atoms with van der Waals surface area (Å²) in [7, 11) is 0. The van der Waals surface area contributed by atoms with Gasteiger partial charge in [0, 0.05) is 18.0 Å². The summed E-state index contributed by atoms with van der Waals surface area (Å²) < 4.78 is 10.6. The monoisotopic (exact) mass is 269 g/mol. The summed E-state index contributed by atoms with van der Waals surface area (Å²) in [6.45, 7) is 0.168. The van der Waals surface area contributed by atoms with Crippen LogP contribution in [0.5, 0.6) is 5.75 Å². The maximum absolute atomic E-state index is 5.66. The number of hydrogen-bond donors (Lipinski definition) is 1. The topological polar surface area (TPSA) is 100.0 Å². The molecule has 0 saturated heterocycles. The van der Waals surface area contributed by atoms with E-state index >= 15 is 0 Å². The quantitative estimate of drug-likeness (QED) is 0.719. The lowest BCUT2D eigenvalue weighted by atomic mass is 10.3. The van der Waals surface area contributed by atoms with Crippen molar-refractivity contribution >= 4 is 5.69 Å². The fourth-order valence-electron chi connectivity index (χ4n) is 1.59. The Labute approximate surface area is 114 Å². The van der Waals surface area contributed by atoms with Crippen molar-refractivity contribution in [2.45, 2.75) is 6.61 Å². The zero-order valence-corrected chi connectivity index (χ0v) is 10.4. The van der Waals surface area contributed by atoms with Crippen LogP contribution in [0.1, 0.15) is 5.89 Å². The van der Waals surface area contributed by atoms with Gasteiger partial charge in [0.25, 0.3) is 5.89 Å². The Kier molecular flexibility index (Phi) is 3.24. The van der Waals surface area contributed by atoms with Gasteiger partial charge in [-0.2, -0.15) is 4.98 Å². The third kappa shape index (κ3) is 2.72. The highest BCUT2D eigenvalue weighted by Gasteiger charge is 2.10. The second-order valence-corrected chi connectivity index (χ2v) is 3.97. The minimum atomic E-state index is 0.168. The zero-order valence-electron chi connectivity index (χ0n) is 10.4. The van der Waals surface area contributed by atoms with Crippen LogP contribution in [0.2, 0.25) is 0 Å². The van der Waals surface area contributed by atoms with Crippen molar-refractivity contribution in [3.05, 3.63) is 48.7 Å². The lowest BCUT2D eigenvalue weighted by molar-refractivity contribution is 0.243. The van der Waals surface area contributed by atoms with Crippen LogP contribution in [-0.4, -0.2) is 20.1 Å². The molecule has 1 aromatic carbocycles. The SMILES string of the molecule is Nc1cccc(OCc2nc(-c3ccncn3)no2)c1. The van der Waals surface area contributed by atoms with Crippen molar-refractivity contribution < 1.29 is 9.26 Å². The van der Waals surface area contributed by atoms with Gasteiger partial charge >= 0.3 is 0 Å². The molecule has 0 aliphatic rings. The van der Waals surface area contributed by atoms with E-state index in [4.69, 9.17) is 15.0 Å². The molecular formula is C13H11N5O2. The van der Waals surface area contributed by atoms with Gasteiger partial charge in [-0.15, -0.1) is 0 Å². The van der Waals surface area contributed by atoms with Gasteiger partial charge in [-0.3, -0.25) is 0 Å². The fourth-order valence-corrected chi connectivity index (χ4v) is 1.59. The molecule has 0 aliphatic carbocycles. The minimum absolute atomic E-state index is 0.168. The fraction of sp³-hybridized carbons (Fsp3) is 0.0769. The molecule has 3 rings (SSSR count). The lowest BCUT2D eigenvalue weighted by Crippen LogP contribution is -1.96. The van der Waals surface area contributed by atoms with Gasteiger partial charge in [-0.05, 0) is 18.2 Å². The Morgan fingerprint density at radius 3 is 3.00 bits per heavy atom. The first-order valence-electron chi connectivity index (χ1n) is 5.88. The van der Waals surface area contributed by atoms with Crippen molar-refractivity contribution in [1.29, 1.82) is 0 Å². The summed E-state index contributed by atoms with van der Waals surface area (Å²) in [5.74, 6) is 1.41. The molecule has 2 heterocycles. The molecule has 7 heteroatoms. The Morgan fingerprint density at radius 2 is 2.20 bits per heavy atom. The summed E-state index contributed by atoms with van der Waals surface area (Å²) in [6.07, 6.45) is 3.04. The van der Waals surface area contributed by atoms with E-state index in [9.17, 15) is 0 Å². The van der Waals surface area contributed by atoms with Crippen molar-refractivity contribution in [2.75, 3.05) is 5.73 Å². The normalized spacial score (nSPS) is 10.4. The number of aromatic nitrogens is 4. The average Bonchev–Trinajstić information content (AvgIpc) is 2.95. The van der Waals surface area contributed by atoms with Crippen molar-refractivity contribution in [2.24, 2.45) is 0 Å². The molecule has 0 fully saturated rings. The van der Waals surface area contributed by atoms with Gasteiger partial charge in [-0.1, -0.05) is 11.2 Å². The second kappa shape index (κ2) is 5.35. The number of nitrogens with zero attached hydrogens (tertiary/aromatic N) is 4. The van der Waals surface area contributed by atoms with E-state index in [1.54, 1.807) is 30.5 Å². The number of nitrogens with two attached hydrogens (primary N) is 1. The highest BCUT2D eigenvalue weighted by Crippen LogP contribution is 2.17. The molecule has 0 spiro atoms. The van der Waals surface area contributed by atoms with Gasteiger partial charge in [0.1, 0.15) is 17.8 Å². The molecule has 0 unspecified atom stereocenters. The Balaban J connectivity index is 1.69. The van der Waals surface area contributed by atoms with Crippen LogP contribution in [0, 0.1) is 0 Å². The lowest BCUT2D eigenvalue weighted by Gasteiger charge is -2.02. The van der Waals surface area contributed by atoms with Crippen LogP contribution in [-0.2, 0) is 6.61 Å². The number of ether oxygens (including phenoxy) is 1. The van der Waals surface area contributed by atoms with Crippen molar-refractivity contribution in [3.63, 3.8) is 0 Å². The highest BCUT2D eigenvalue weighted by atomic mass is 16.5. The highest BCUT2D eigenvalue weighted by molar-refractivity contribution is 5.46. The maximum Gasteiger partial charge on any atom is 0.264 e. The molecule has 2 N–H and O–H groups in total. The summed E-state index contributed by atoms with van der Waals surface area (Å²) in [4.78, 5) is 12.1. The summed E-state index contributed by atoms with van der Waals surface area (Å²) in [6, 6.07) is 8.82. The van der Waals surface area contributed by atoms with Crippen LogP contribution in [0.25, 0.3) is 11.5 Å². The molecule has 0 bridgehead atoms. The summed E-state index contributed by atoms with van der Waals surface area (Å²) in [5.41, 5.74) is 6.89. The van der Waals surface area contributed by atoms with Crippen LogP contribution < -0.4 is 10.5 Å². The molecule has 2 aromatic heterocycles. The molecule has 100 valence electrons. The van der Waals surface area contributed by atoms with E-state index in [1.165, 1.54) is 6.33 Å². The minimum Gasteiger partial charge on any atom is -0.484 e. The first-order chi connectivity index (χ1) is 9.81. The molecule has 3 aromatic rings. The average molecular weight is 269 g/mol. The number of anilines is 1. The first kappa shape index (κ1) is 12.1. The van der Waals surface area contributed by atoms with Gasteiger partial charge in [0.05, 0.1) is 0 Å². The Hall–Kier alpha value is -2.96. The van der Waals surface area contributed by atoms with Crippen LogP contribution in [0.3, 0.4) is 0 Å². The molecule has 0 atom stereocenters. The molecule has 0 radical (unpaired) electrons. The van der Waals surface area contributed by atoms with Gasteiger partial charge < -0.3 is 15.0 Å². The molecule has 20 heavy (non-hydrogen) atoms. The number of hydrogen-bond acceptors (Lipinski definition) is 7. The summed E-state index contributed by atoms with van der Waals surface area (Å²) in [5, 5.41) is 3.84. The zero-order chi connectivity index (χ0) is 13.8. The van der Waals surface area contributed by atoms with Crippen LogP contribution in [0.15, 0.2) is 47.4 Å². The van der Waals surface area contributed by atoms with Gasteiger partial charge in [0.15, 0.2) is 6.61 Å². The van der Waals surface area contributed by atoms with E-state index < -0.39 is 0 Å². The number of benzene rings is 1. The first-order valence-corrected chi connectivity index (χ1v) is 5.88. The van der Waals surface area contributed by atoms with Crippen LogP contribution >= 0.6 is 0 Å². The van der Waals surface area contributed by atoms with E-state index in [0.29, 0.717) is 28.8 Å². The molecular weight excluding hydrogens is 258 g/mol. The van der Waals surface area contributed by atoms with E-state index in [-0.39, 0.29) is 6.61 Å². The Bertz CT molecular complexity index is 699. The van der Waals surface area contributed by atoms with Crippen LogP contribution in [0.4, 0.5) is 5.69 Å². The second-order valence-electron chi connectivity index (χ2n) is 3.97.